The Kier molecular flexibility index (Phi) is 4.93. The van der Waals surface area contributed by atoms with Crippen LogP contribution in [0.25, 0.3) is 0 Å². The molecule has 0 aliphatic carbocycles. The lowest BCUT2D eigenvalue weighted by atomic mass is 10.2. The number of carbonyl (C=O) groups is 2. The third-order valence-electron chi connectivity index (χ3n) is 4.09. The Bertz CT molecular complexity index is 591. The summed E-state index contributed by atoms with van der Waals surface area (Å²) < 4.78 is 30.0. The van der Waals surface area contributed by atoms with Crippen LogP contribution < -0.4 is 9.80 Å². The third-order valence-corrected chi connectivity index (χ3v) is 4.82. The van der Waals surface area contributed by atoms with E-state index in [1.165, 1.54) is 29.2 Å². The molecule has 0 spiro atoms. The van der Waals surface area contributed by atoms with Crippen LogP contribution in [0.15, 0.2) is 29.2 Å². The number of ether oxygens (including phenoxy) is 1. The van der Waals surface area contributed by atoms with Gasteiger partial charge in [-0.25, -0.2) is 4.90 Å². The van der Waals surface area contributed by atoms with Gasteiger partial charge in [0.15, 0.2) is 6.04 Å². The molecule has 8 heteroatoms. The molecule has 5 nitrogen and oxygen atoms in total. The van der Waals surface area contributed by atoms with E-state index < -0.39 is 5.76 Å². The quantitative estimate of drug-likeness (QED) is 0.641. The van der Waals surface area contributed by atoms with Gasteiger partial charge in [-0.2, -0.15) is 8.78 Å². The molecule has 3 rings (SSSR count). The second-order valence-electron chi connectivity index (χ2n) is 5.47. The highest BCUT2D eigenvalue weighted by Gasteiger charge is 2.46. The van der Waals surface area contributed by atoms with Gasteiger partial charge in [-0.15, -0.1) is 0 Å². The summed E-state index contributed by atoms with van der Waals surface area (Å²) in [6.07, 6.45) is 0.182. The number of nitrogens with one attached hydrogen (secondary N) is 1. The number of benzene rings is 1. The number of anilines is 1. The number of hydrogen-bond donors (Lipinski definition) is 1. The van der Waals surface area contributed by atoms with Gasteiger partial charge in [0, 0.05) is 4.90 Å². The highest BCUT2D eigenvalue weighted by atomic mass is 32.2. The largest absolute Gasteiger partial charge is 0.370 e. The van der Waals surface area contributed by atoms with E-state index >= 15 is 0 Å². The summed E-state index contributed by atoms with van der Waals surface area (Å²) in [6, 6.07) is 5.71. The van der Waals surface area contributed by atoms with Crippen molar-refractivity contribution in [2.24, 2.45) is 0 Å². The maximum absolute atomic E-state index is 12.6. The zero-order valence-electron chi connectivity index (χ0n) is 12.3. The predicted molar refractivity (Wildman–Crippen MR) is 80.7 cm³/mol. The molecule has 1 aromatic rings. The van der Waals surface area contributed by atoms with E-state index in [2.05, 4.69) is 0 Å². The van der Waals surface area contributed by atoms with Crippen molar-refractivity contribution in [2.45, 2.75) is 23.1 Å². The molecular weight excluding hydrogens is 326 g/mol. The van der Waals surface area contributed by atoms with E-state index in [9.17, 15) is 18.4 Å². The smallest absolute Gasteiger partial charge is 0.292 e. The second kappa shape index (κ2) is 6.94. The van der Waals surface area contributed by atoms with Gasteiger partial charge in [-0.3, -0.25) is 9.59 Å². The van der Waals surface area contributed by atoms with Gasteiger partial charge in [0.2, 0.25) is 5.91 Å². The van der Waals surface area contributed by atoms with Gasteiger partial charge in [0.05, 0.1) is 25.3 Å². The number of rotatable bonds is 4. The summed E-state index contributed by atoms with van der Waals surface area (Å²) in [7, 11) is 0. The Hall–Kier alpha value is -1.51. The molecule has 0 aromatic heterocycles. The second-order valence-corrected chi connectivity index (χ2v) is 6.53. The van der Waals surface area contributed by atoms with Crippen molar-refractivity contribution >= 4 is 29.3 Å². The van der Waals surface area contributed by atoms with Crippen molar-refractivity contribution in [3.8, 4) is 0 Å². The van der Waals surface area contributed by atoms with E-state index in [0.29, 0.717) is 48.6 Å². The molecule has 0 saturated carbocycles. The normalized spacial score (nSPS) is 23.1. The summed E-state index contributed by atoms with van der Waals surface area (Å²) >= 11 is 0.435. The molecule has 0 radical (unpaired) electrons. The van der Waals surface area contributed by atoms with Gasteiger partial charge >= 0.3 is 0 Å². The molecule has 2 heterocycles. The molecule has 1 atom stereocenters. The number of thioether (sulfide) groups is 1. The van der Waals surface area contributed by atoms with Crippen LogP contribution in [-0.2, 0) is 14.3 Å². The van der Waals surface area contributed by atoms with E-state index in [0.717, 1.165) is 4.90 Å². The zero-order valence-corrected chi connectivity index (χ0v) is 13.2. The van der Waals surface area contributed by atoms with Gasteiger partial charge in [-0.1, -0.05) is 11.8 Å². The minimum absolute atomic E-state index is 0.182. The first-order chi connectivity index (χ1) is 11.1. The molecule has 2 amide bonds. The molecule has 0 bridgehead atoms. The van der Waals surface area contributed by atoms with Crippen LogP contribution in [0.1, 0.15) is 6.42 Å². The standard InChI is InChI=1S/C15H16F2N2O3S/c16-15(17)23-11-3-1-10(2-4-11)19-13(20)9-12(14(19)21)18-5-7-22-8-6-18/h1-4,12,15H,5-9H2/p+1/t12-/m0/s1. The van der Waals surface area contributed by atoms with Gasteiger partial charge in [0.1, 0.15) is 13.1 Å². The average Bonchev–Trinajstić information content (AvgIpc) is 2.83. The lowest BCUT2D eigenvalue weighted by molar-refractivity contribution is -0.922. The molecule has 2 aliphatic rings. The number of alkyl halides is 2. The van der Waals surface area contributed by atoms with Crippen LogP contribution in [0, 0.1) is 0 Å². The Balaban J connectivity index is 1.74. The van der Waals surface area contributed by atoms with Gasteiger partial charge in [0.25, 0.3) is 11.7 Å². The van der Waals surface area contributed by atoms with Crippen LogP contribution in [-0.4, -0.2) is 49.9 Å². The van der Waals surface area contributed by atoms with Crippen LogP contribution in [0.2, 0.25) is 0 Å². The van der Waals surface area contributed by atoms with Crippen molar-refractivity contribution in [3.05, 3.63) is 24.3 Å². The third kappa shape index (κ3) is 3.54. The summed E-state index contributed by atoms with van der Waals surface area (Å²) in [4.78, 5) is 27.5. The lowest BCUT2D eigenvalue weighted by Gasteiger charge is -2.27. The summed E-state index contributed by atoms with van der Waals surface area (Å²) in [5.74, 6) is -2.96. The maximum Gasteiger partial charge on any atom is 0.292 e. The molecule has 1 aromatic carbocycles. The molecule has 2 saturated heterocycles. The number of imide groups is 1. The number of quaternary nitrogens is 1. The van der Waals surface area contributed by atoms with Gasteiger partial charge < -0.3 is 9.64 Å². The molecule has 124 valence electrons. The number of amides is 2. The first-order valence-corrected chi connectivity index (χ1v) is 8.28. The Morgan fingerprint density at radius 3 is 2.43 bits per heavy atom. The van der Waals surface area contributed by atoms with Crippen LogP contribution in [0.4, 0.5) is 14.5 Å². The highest BCUT2D eigenvalue weighted by molar-refractivity contribution is 7.99. The molecule has 2 fully saturated rings. The summed E-state index contributed by atoms with van der Waals surface area (Å²) in [6.45, 7) is 2.60. The number of morpholine rings is 1. The predicted octanol–water partition coefficient (Wildman–Crippen LogP) is 0.548. The number of halogens is 2. The minimum atomic E-state index is -2.50. The van der Waals surface area contributed by atoms with Crippen LogP contribution in [0.3, 0.4) is 0 Å². The molecule has 1 N–H and O–H groups in total. The molecular formula is C15H17F2N2O3S+. The first kappa shape index (κ1) is 16.4. The molecule has 0 unspecified atom stereocenters. The molecule has 2 aliphatic heterocycles. The maximum atomic E-state index is 12.6. The monoisotopic (exact) mass is 343 g/mol. The van der Waals surface area contributed by atoms with Crippen molar-refractivity contribution in [1.29, 1.82) is 0 Å². The zero-order chi connectivity index (χ0) is 16.4. The van der Waals surface area contributed by atoms with Gasteiger partial charge in [-0.05, 0) is 24.3 Å². The minimum Gasteiger partial charge on any atom is -0.370 e. The fourth-order valence-corrected chi connectivity index (χ4v) is 3.48. The number of hydrogen-bond acceptors (Lipinski definition) is 4. The van der Waals surface area contributed by atoms with Crippen molar-refractivity contribution in [2.75, 3.05) is 31.2 Å². The van der Waals surface area contributed by atoms with Crippen molar-refractivity contribution < 1.29 is 28.0 Å². The van der Waals surface area contributed by atoms with E-state index in [1.54, 1.807) is 0 Å². The van der Waals surface area contributed by atoms with Crippen LogP contribution >= 0.6 is 11.8 Å². The van der Waals surface area contributed by atoms with E-state index in [1.807, 2.05) is 0 Å². The Labute approximate surface area is 136 Å². The van der Waals surface area contributed by atoms with Crippen molar-refractivity contribution in [1.82, 2.24) is 0 Å². The lowest BCUT2D eigenvalue weighted by Crippen LogP contribution is -3.18. The van der Waals surface area contributed by atoms with E-state index in [-0.39, 0.29) is 24.3 Å². The topological polar surface area (TPSA) is 51.1 Å². The van der Waals surface area contributed by atoms with Crippen LogP contribution in [0.5, 0.6) is 0 Å². The fraction of sp³-hybridized carbons (Fsp3) is 0.467. The average molecular weight is 343 g/mol. The summed E-state index contributed by atoms with van der Waals surface area (Å²) in [5, 5.41) is 0. The van der Waals surface area contributed by atoms with E-state index in [4.69, 9.17) is 4.74 Å². The number of nitrogens with zero attached hydrogens (tertiary/aromatic N) is 1. The Morgan fingerprint density at radius 1 is 1.17 bits per heavy atom. The van der Waals surface area contributed by atoms with Crippen molar-refractivity contribution in [3.63, 3.8) is 0 Å². The fourth-order valence-electron chi connectivity index (χ4n) is 2.98. The Morgan fingerprint density at radius 2 is 1.83 bits per heavy atom. The summed E-state index contributed by atoms with van der Waals surface area (Å²) in [5.41, 5.74) is 0.439. The number of carbonyl (C=O) groups excluding carboxylic acids is 2. The molecule has 23 heavy (non-hydrogen) atoms. The first-order valence-electron chi connectivity index (χ1n) is 7.40. The SMILES string of the molecule is O=C1C[C@H]([NH+]2CCOCC2)C(=O)N1c1ccc(SC(F)F)cc1. The highest BCUT2D eigenvalue weighted by Crippen LogP contribution is 2.29.